The van der Waals surface area contributed by atoms with Crippen molar-refractivity contribution in [2.45, 2.75) is 12.4 Å². The van der Waals surface area contributed by atoms with Gasteiger partial charge in [-0.15, -0.1) is 5.10 Å². The molecule has 0 unspecified atom stereocenters. The third kappa shape index (κ3) is 5.75. The number of halogens is 6. The Labute approximate surface area is 193 Å². The summed E-state index contributed by atoms with van der Waals surface area (Å²) in [5, 5.41) is 4.73. The SMILES string of the molecule is O=C(/C=C\n1cnc(-c2cc(C(F)(F)F)cc(C(F)(F)F)c2)n1)NNc1ccc2ccccc2n1. The fourth-order valence-electron chi connectivity index (χ4n) is 3.01. The van der Waals surface area contributed by atoms with Gasteiger partial charge in [0.25, 0.3) is 5.91 Å². The average molecular weight is 492 g/mol. The van der Waals surface area contributed by atoms with E-state index in [1.807, 2.05) is 24.3 Å². The number of rotatable bonds is 5. The standard InChI is InChI=1S/C22H14F6N6O/c23-21(24,25)15-9-14(10-16(11-15)22(26,27)28)20-29-12-34(33-20)8-7-19(35)32-31-18-6-5-13-3-1-2-4-17(13)30-18/h1-12H,(H,30,31)(H,32,35)/b8-7-. The Morgan fingerprint density at radius 3 is 2.29 bits per heavy atom. The Bertz CT molecular complexity index is 1380. The summed E-state index contributed by atoms with van der Waals surface area (Å²) in [4.78, 5) is 20.1. The van der Waals surface area contributed by atoms with Crippen LogP contribution in [0.2, 0.25) is 0 Å². The van der Waals surface area contributed by atoms with Gasteiger partial charge in [0.1, 0.15) is 12.1 Å². The molecule has 35 heavy (non-hydrogen) atoms. The van der Waals surface area contributed by atoms with Crippen molar-refractivity contribution in [1.82, 2.24) is 25.2 Å². The first-order valence-corrected chi connectivity index (χ1v) is 9.80. The zero-order valence-corrected chi connectivity index (χ0v) is 17.4. The van der Waals surface area contributed by atoms with Crippen molar-refractivity contribution in [2.75, 3.05) is 5.43 Å². The van der Waals surface area contributed by atoms with Crippen LogP contribution in [0.4, 0.5) is 32.2 Å². The van der Waals surface area contributed by atoms with Crippen LogP contribution >= 0.6 is 0 Å². The molecule has 0 spiro atoms. The van der Waals surface area contributed by atoms with Crippen LogP contribution in [0.25, 0.3) is 28.5 Å². The zero-order chi connectivity index (χ0) is 25.2. The van der Waals surface area contributed by atoms with Crippen molar-refractivity contribution >= 4 is 28.8 Å². The second-order valence-electron chi connectivity index (χ2n) is 7.16. The van der Waals surface area contributed by atoms with Crippen LogP contribution in [-0.2, 0) is 17.1 Å². The summed E-state index contributed by atoms with van der Waals surface area (Å²) in [5.41, 5.74) is 2.26. The topological polar surface area (TPSA) is 84.7 Å². The van der Waals surface area contributed by atoms with E-state index in [0.29, 0.717) is 23.5 Å². The summed E-state index contributed by atoms with van der Waals surface area (Å²) in [5.74, 6) is -0.640. The lowest BCUT2D eigenvalue weighted by atomic mass is 10.0. The maximum atomic E-state index is 13.1. The number of hydrogen-bond donors (Lipinski definition) is 2. The fraction of sp³-hybridized carbons (Fsp3) is 0.0909. The number of aromatic nitrogens is 4. The monoisotopic (exact) mass is 492 g/mol. The lowest BCUT2D eigenvalue weighted by molar-refractivity contribution is -0.143. The van der Waals surface area contributed by atoms with Gasteiger partial charge in [-0.05, 0) is 36.4 Å². The number of para-hydroxylation sites is 1. The molecule has 0 radical (unpaired) electrons. The van der Waals surface area contributed by atoms with Gasteiger partial charge in [-0.3, -0.25) is 15.6 Å². The van der Waals surface area contributed by atoms with Crippen molar-refractivity contribution in [3.63, 3.8) is 0 Å². The predicted octanol–water partition coefficient (Wildman–Crippen LogP) is 5.14. The third-order valence-electron chi connectivity index (χ3n) is 4.65. The largest absolute Gasteiger partial charge is 0.416 e. The summed E-state index contributed by atoms with van der Waals surface area (Å²) >= 11 is 0. The number of fused-ring (bicyclic) bond motifs is 1. The van der Waals surface area contributed by atoms with Gasteiger partial charge in [0.05, 0.1) is 16.6 Å². The van der Waals surface area contributed by atoms with E-state index in [4.69, 9.17) is 0 Å². The van der Waals surface area contributed by atoms with E-state index in [-0.39, 0.29) is 11.9 Å². The fourth-order valence-corrected chi connectivity index (χ4v) is 3.01. The van der Waals surface area contributed by atoms with Crippen LogP contribution < -0.4 is 10.9 Å². The molecule has 2 N–H and O–H groups in total. The quantitative estimate of drug-likeness (QED) is 0.229. The molecule has 13 heteroatoms. The van der Waals surface area contributed by atoms with Gasteiger partial charge in [0.15, 0.2) is 5.82 Å². The molecule has 7 nitrogen and oxygen atoms in total. The number of hydrazine groups is 1. The number of benzene rings is 2. The number of nitrogens with one attached hydrogen (secondary N) is 2. The molecular formula is C22H14F6N6O. The summed E-state index contributed by atoms with van der Waals surface area (Å²) in [6, 6.07) is 11.9. The third-order valence-corrected chi connectivity index (χ3v) is 4.65. The van der Waals surface area contributed by atoms with Gasteiger partial charge in [0, 0.05) is 23.2 Å². The molecule has 4 rings (SSSR count). The van der Waals surface area contributed by atoms with Crippen LogP contribution in [-0.4, -0.2) is 25.7 Å². The summed E-state index contributed by atoms with van der Waals surface area (Å²) in [6.45, 7) is 0. The number of anilines is 1. The maximum absolute atomic E-state index is 13.1. The molecule has 1 amide bonds. The number of carbonyl (C=O) groups excluding carboxylic acids is 1. The molecule has 0 atom stereocenters. The highest BCUT2D eigenvalue weighted by Crippen LogP contribution is 2.38. The van der Waals surface area contributed by atoms with Crippen LogP contribution in [0.5, 0.6) is 0 Å². The van der Waals surface area contributed by atoms with Gasteiger partial charge < -0.3 is 0 Å². The van der Waals surface area contributed by atoms with Crippen molar-refractivity contribution in [2.24, 2.45) is 0 Å². The van der Waals surface area contributed by atoms with E-state index in [9.17, 15) is 31.1 Å². The van der Waals surface area contributed by atoms with E-state index >= 15 is 0 Å². The summed E-state index contributed by atoms with van der Waals surface area (Å²) < 4.78 is 79.3. The van der Waals surface area contributed by atoms with Crippen LogP contribution in [0.1, 0.15) is 11.1 Å². The Balaban J connectivity index is 1.46. The minimum atomic E-state index is -5.00. The maximum Gasteiger partial charge on any atom is 0.416 e. The normalized spacial score (nSPS) is 12.3. The van der Waals surface area contributed by atoms with E-state index in [0.717, 1.165) is 28.7 Å². The number of pyridine rings is 1. The average Bonchev–Trinajstić information content (AvgIpc) is 3.29. The van der Waals surface area contributed by atoms with Gasteiger partial charge in [-0.1, -0.05) is 18.2 Å². The second kappa shape index (κ2) is 9.08. The van der Waals surface area contributed by atoms with Gasteiger partial charge >= 0.3 is 12.4 Å². The minimum absolute atomic E-state index is 0.0160. The van der Waals surface area contributed by atoms with Crippen molar-refractivity contribution in [1.29, 1.82) is 0 Å². The molecule has 0 fully saturated rings. The molecule has 2 aromatic heterocycles. The highest BCUT2D eigenvalue weighted by Gasteiger charge is 2.37. The van der Waals surface area contributed by atoms with Crippen molar-refractivity contribution in [3.05, 3.63) is 78.1 Å². The lowest BCUT2D eigenvalue weighted by Gasteiger charge is -2.13. The first-order valence-electron chi connectivity index (χ1n) is 9.80. The van der Waals surface area contributed by atoms with Crippen molar-refractivity contribution in [3.8, 4) is 11.4 Å². The molecular weight excluding hydrogens is 478 g/mol. The number of nitrogens with zero attached hydrogens (tertiary/aromatic N) is 4. The molecule has 180 valence electrons. The molecule has 2 heterocycles. The Kier molecular flexibility index (Phi) is 6.16. The van der Waals surface area contributed by atoms with Crippen LogP contribution in [0.15, 0.2) is 67.0 Å². The zero-order valence-electron chi connectivity index (χ0n) is 17.4. The smallest absolute Gasteiger partial charge is 0.282 e. The van der Waals surface area contributed by atoms with Crippen molar-refractivity contribution < 1.29 is 31.1 Å². The Hall–Kier alpha value is -4.42. The van der Waals surface area contributed by atoms with E-state index in [1.165, 1.54) is 0 Å². The number of carbonyl (C=O) groups is 1. The summed E-state index contributed by atoms with van der Waals surface area (Å²) in [6.07, 6.45) is -6.81. The molecule has 2 aromatic carbocycles. The molecule has 4 aromatic rings. The second-order valence-corrected chi connectivity index (χ2v) is 7.16. The number of hydrogen-bond acceptors (Lipinski definition) is 5. The molecule has 0 bridgehead atoms. The van der Waals surface area contributed by atoms with Gasteiger partial charge in [0.2, 0.25) is 0 Å². The number of amides is 1. The first-order chi connectivity index (χ1) is 16.5. The highest BCUT2D eigenvalue weighted by molar-refractivity contribution is 5.91. The molecule has 0 saturated carbocycles. The lowest BCUT2D eigenvalue weighted by Crippen LogP contribution is -2.28. The molecule has 0 aliphatic rings. The van der Waals surface area contributed by atoms with E-state index in [2.05, 4.69) is 25.9 Å². The molecule has 0 aliphatic carbocycles. The summed E-state index contributed by atoms with van der Waals surface area (Å²) in [7, 11) is 0. The van der Waals surface area contributed by atoms with Gasteiger partial charge in [-0.2, -0.15) is 26.3 Å². The predicted molar refractivity (Wildman–Crippen MR) is 114 cm³/mol. The highest BCUT2D eigenvalue weighted by atomic mass is 19.4. The molecule has 0 aliphatic heterocycles. The Morgan fingerprint density at radius 2 is 1.60 bits per heavy atom. The van der Waals surface area contributed by atoms with Gasteiger partial charge in [-0.25, -0.2) is 14.6 Å². The van der Waals surface area contributed by atoms with E-state index in [1.54, 1.807) is 12.1 Å². The molecule has 0 saturated heterocycles. The van der Waals surface area contributed by atoms with Crippen LogP contribution in [0, 0.1) is 0 Å². The number of alkyl halides is 6. The first kappa shape index (κ1) is 23.7. The van der Waals surface area contributed by atoms with E-state index < -0.39 is 35.0 Å². The minimum Gasteiger partial charge on any atom is -0.282 e. The van der Waals surface area contributed by atoms with Crippen LogP contribution in [0.3, 0.4) is 0 Å². The Morgan fingerprint density at radius 1 is 0.914 bits per heavy atom.